The van der Waals surface area contributed by atoms with Crippen molar-refractivity contribution in [2.75, 3.05) is 6.54 Å². The van der Waals surface area contributed by atoms with E-state index in [1.807, 2.05) is 0 Å². The van der Waals surface area contributed by atoms with Crippen molar-refractivity contribution in [3.63, 3.8) is 0 Å². The highest BCUT2D eigenvalue weighted by molar-refractivity contribution is 5.70. The van der Waals surface area contributed by atoms with E-state index in [4.69, 9.17) is 10.8 Å². The van der Waals surface area contributed by atoms with Gasteiger partial charge in [-0.15, -0.1) is 0 Å². The van der Waals surface area contributed by atoms with Crippen LogP contribution in [0.2, 0.25) is 0 Å². The number of carbonyl (C=O) groups is 1. The van der Waals surface area contributed by atoms with Crippen molar-refractivity contribution >= 4 is 5.97 Å². The van der Waals surface area contributed by atoms with Gasteiger partial charge in [-0.25, -0.2) is 0 Å². The van der Waals surface area contributed by atoms with E-state index in [0.717, 1.165) is 6.54 Å². The first-order chi connectivity index (χ1) is 4.70. The third-order valence-corrected chi connectivity index (χ3v) is 1.79. The minimum Gasteiger partial charge on any atom is -0.481 e. The summed E-state index contributed by atoms with van der Waals surface area (Å²) in [5.41, 5.74) is 5.49. The molecule has 1 aliphatic heterocycles. The monoisotopic (exact) mass is 144 g/mol. The first-order valence-corrected chi connectivity index (χ1v) is 3.42. The van der Waals surface area contributed by atoms with Crippen molar-refractivity contribution in [1.82, 2.24) is 5.32 Å². The van der Waals surface area contributed by atoms with Crippen molar-refractivity contribution < 1.29 is 9.90 Å². The molecule has 4 nitrogen and oxygen atoms in total. The standard InChI is InChI=1S/C6H12N2O2/c7-5-3-4(6(9)10)1-2-8-5/h4-5,8H,1-3,7H2,(H,9,10). The van der Waals surface area contributed by atoms with Gasteiger partial charge in [0.15, 0.2) is 0 Å². The van der Waals surface area contributed by atoms with Crippen molar-refractivity contribution in [2.45, 2.75) is 19.0 Å². The molecule has 1 aliphatic rings. The van der Waals surface area contributed by atoms with Crippen LogP contribution in [-0.4, -0.2) is 23.8 Å². The number of hydrogen-bond acceptors (Lipinski definition) is 3. The van der Waals surface area contributed by atoms with Gasteiger partial charge in [-0.1, -0.05) is 0 Å². The van der Waals surface area contributed by atoms with Crippen molar-refractivity contribution in [3.05, 3.63) is 0 Å². The summed E-state index contributed by atoms with van der Waals surface area (Å²) in [6.07, 6.45) is 1.12. The zero-order valence-corrected chi connectivity index (χ0v) is 5.71. The molecule has 4 heteroatoms. The quantitative estimate of drug-likeness (QED) is 0.457. The molecule has 4 N–H and O–H groups in total. The maximum absolute atomic E-state index is 10.4. The highest BCUT2D eigenvalue weighted by Gasteiger charge is 2.23. The predicted molar refractivity (Wildman–Crippen MR) is 36.3 cm³/mol. The predicted octanol–water partition coefficient (Wildman–Crippen LogP) is -0.645. The van der Waals surface area contributed by atoms with E-state index in [-0.39, 0.29) is 12.1 Å². The molecule has 0 aliphatic carbocycles. The highest BCUT2D eigenvalue weighted by atomic mass is 16.4. The van der Waals surface area contributed by atoms with Crippen LogP contribution in [0.15, 0.2) is 0 Å². The molecular formula is C6H12N2O2. The van der Waals surface area contributed by atoms with Gasteiger partial charge in [0.05, 0.1) is 12.1 Å². The second-order valence-electron chi connectivity index (χ2n) is 2.62. The Bertz CT molecular complexity index is 138. The third-order valence-electron chi connectivity index (χ3n) is 1.79. The number of carboxylic acid groups (broad SMARTS) is 1. The summed E-state index contributed by atoms with van der Waals surface area (Å²) in [5.74, 6) is -0.965. The molecule has 1 saturated heterocycles. The minimum absolute atomic E-state index is 0.130. The fraction of sp³-hybridized carbons (Fsp3) is 0.833. The lowest BCUT2D eigenvalue weighted by Crippen LogP contribution is -2.45. The number of nitrogens with one attached hydrogen (secondary N) is 1. The molecule has 2 unspecified atom stereocenters. The Morgan fingerprint density at radius 1 is 1.70 bits per heavy atom. The first kappa shape index (κ1) is 7.50. The molecule has 0 saturated carbocycles. The Labute approximate surface area is 59.4 Å². The minimum atomic E-state index is -0.725. The molecule has 2 atom stereocenters. The highest BCUT2D eigenvalue weighted by Crippen LogP contribution is 2.13. The molecule has 1 fully saturated rings. The zero-order chi connectivity index (χ0) is 7.56. The molecule has 0 aromatic rings. The van der Waals surface area contributed by atoms with Gasteiger partial charge < -0.3 is 16.2 Å². The summed E-state index contributed by atoms with van der Waals surface area (Å²) in [4.78, 5) is 10.4. The Morgan fingerprint density at radius 3 is 2.80 bits per heavy atom. The van der Waals surface area contributed by atoms with Gasteiger partial charge in [0.25, 0.3) is 0 Å². The molecule has 0 radical (unpaired) electrons. The summed E-state index contributed by atoms with van der Waals surface area (Å²) < 4.78 is 0. The second-order valence-corrected chi connectivity index (χ2v) is 2.62. The zero-order valence-electron chi connectivity index (χ0n) is 5.71. The van der Waals surface area contributed by atoms with Crippen LogP contribution in [0.4, 0.5) is 0 Å². The number of carboxylic acids is 1. The van der Waals surface area contributed by atoms with Crippen LogP contribution in [0.5, 0.6) is 0 Å². The van der Waals surface area contributed by atoms with Gasteiger partial charge >= 0.3 is 5.97 Å². The SMILES string of the molecule is NC1CC(C(=O)O)CCN1. The maximum atomic E-state index is 10.4. The average molecular weight is 144 g/mol. The molecule has 0 bridgehead atoms. The van der Waals surface area contributed by atoms with Crippen LogP contribution >= 0.6 is 0 Å². The van der Waals surface area contributed by atoms with Crippen LogP contribution in [0.25, 0.3) is 0 Å². The Kier molecular flexibility index (Phi) is 2.24. The van der Waals surface area contributed by atoms with E-state index in [1.54, 1.807) is 0 Å². The molecule has 0 spiro atoms. The van der Waals surface area contributed by atoms with Crippen LogP contribution < -0.4 is 11.1 Å². The van der Waals surface area contributed by atoms with E-state index < -0.39 is 5.97 Å². The lowest BCUT2D eigenvalue weighted by molar-refractivity contribution is -0.142. The van der Waals surface area contributed by atoms with Crippen molar-refractivity contribution in [2.24, 2.45) is 11.7 Å². The van der Waals surface area contributed by atoms with Gasteiger partial charge in [-0.3, -0.25) is 4.79 Å². The van der Waals surface area contributed by atoms with Crippen LogP contribution in [0, 0.1) is 5.92 Å². The topological polar surface area (TPSA) is 75.4 Å². The summed E-state index contributed by atoms with van der Waals surface area (Å²) >= 11 is 0. The lowest BCUT2D eigenvalue weighted by atomic mass is 9.97. The molecule has 0 aromatic heterocycles. The van der Waals surface area contributed by atoms with E-state index in [1.165, 1.54) is 0 Å². The molecule has 1 heterocycles. The smallest absolute Gasteiger partial charge is 0.306 e. The lowest BCUT2D eigenvalue weighted by Gasteiger charge is -2.24. The van der Waals surface area contributed by atoms with E-state index in [2.05, 4.69) is 5.32 Å². The van der Waals surface area contributed by atoms with Gasteiger partial charge in [0.2, 0.25) is 0 Å². The molecule has 10 heavy (non-hydrogen) atoms. The number of hydrogen-bond donors (Lipinski definition) is 3. The van der Waals surface area contributed by atoms with E-state index in [0.29, 0.717) is 12.8 Å². The largest absolute Gasteiger partial charge is 0.481 e. The van der Waals surface area contributed by atoms with Crippen LogP contribution in [0.1, 0.15) is 12.8 Å². The summed E-state index contributed by atoms with van der Waals surface area (Å²) in [6.45, 7) is 0.720. The van der Waals surface area contributed by atoms with Gasteiger partial charge in [0, 0.05) is 0 Å². The van der Waals surface area contributed by atoms with Crippen molar-refractivity contribution in [1.29, 1.82) is 0 Å². The van der Waals surface area contributed by atoms with Crippen LogP contribution in [0.3, 0.4) is 0 Å². The Morgan fingerprint density at radius 2 is 2.40 bits per heavy atom. The second kappa shape index (κ2) is 2.98. The molecule has 1 rings (SSSR count). The maximum Gasteiger partial charge on any atom is 0.306 e. The fourth-order valence-corrected chi connectivity index (χ4v) is 1.17. The van der Waals surface area contributed by atoms with Gasteiger partial charge in [-0.2, -0.15) is 0 Å². The first-order valence-electron chi connectivity index (χ1n) is 3.42. The molecular weight excluding hydrogens is 132 g/mol. The number of nitrogens with two attached hydrogens (primary N) is 1. The number of aliphatic carboxylic acids is 1. The van der Waals surface area contributed by atoms with Gasteiger partial charge in [-0.05, 0) is 19.4 Å². The van der Waals surface area contributed by atoms with Crippen molar-refractivity contribution in [3.8, 4) is 0 Å². The summed E-state index contributed by atoms with van der Waals surface area (Å²) in [5, 5.41) is 11.6. The van der Waals surface area contributed by atoms with Crippen LogP contribution in [-0.2, 0) is 4.79 Å². The molecule has 0 aromatic carbocycles. The fourth-order valence-electron chi connectivity index (χ4n) is 1.17. The Hall–Kier alpha value is -0.610. The van der Waals surface area contributed by atoms with Gasteiger partial charge in [0.1, 0.15) is 0 Å². The third kappa shape index (κ3) is 1.68. The number of piperidine rings is 1. The average Bonchev–Trinajstić information content (AvgIpc) is 1.88. The van der Waals surface area contributed by atoms with E-state index >= 15 is 0 Å². The summed E-state index contributed by atoms with van der Waals surface area (Å²) in [6, 6.07) is 0. The number of rotatable bonds is 1. The molecule has 0 amide bonds. The van der Waals surface area contributed by atoms with E-state index in [9.17, 15) is 4.79 Å². The molecule has 58 valence electrons. The normalized spacial score (nSPS) is 33.7. The summed E-state index contributed by atoms with van der Waals surface area (Å²) in [7, 11) is 0. The Balaban J connectivity index is 2.39.